The van der Waals surface area contributed by atoms with Crippen molar-refractivity contribution in [2.24, 2.45) is 23.7 Å². The molecule has 5 rings (SSSR count). The SMILES string of the molecule is C1=CC2CC[CH]([Ti]3([CH]4CCC5C=CC=CC54)[CH2][CH2]3)C2C=C1.[H-].[H-]. The van der Waals surface area contributed by atoms with Gasteiger partial charge in [0.1, 0.15) is 0 Å². The third-order valence-corrected chi connectivity index (χ3v) is 16.7. The van der Waals surface area contributed by atoms with Crippen LogP contribution in [0.3, 0.4) is 0 Å². The largest absolute Gasteiger partial charge is 1.00 e. The molecule has 114 valence electrons. The Balaban J connectivity index is 0.000000781. The Morgan fingerprint density at radius 2 is 1.10 bits per heavy atom. The van der Waals surface area contributed by atoms with Gasteiger partial charge in [0.05, 0.1) is 0 Å². The molecule has 3 fully saturated rings. The first-order chi connectivity index (χ1) is 10.4. The molecule has 0 amide bonds. The molecule has 0 aromatic rings. The van der Waals surface area contributed by atoms with Gasteiger partial charge in [-0.25, -0.2) is 0 Å². The summed E-state index contributed by atoms with van der Waals surface area (Å²) in [6, 6.07) is 0. The van der Waals surface area contributed by atoms with Gasteiger partial charge < -0.3 is 2.85 Å². The average molecular weight is 316 g/mol. The second-order valence-corrected chi connectivity index (χ2v) is 15.9. The second-order valence-electron chi connectivity index (χ2n) is 8.12. The van der Waals surface area contributed by atoms with Gasteiger partial charge in [0.2, 0.25) is 0 Å². The molecule has 4 aliphatic carbocycles. The van der Waals surface area contributed by atoms with Crippen molar-refractivity contribution in [2.75, 3.05) is 0 Å². The van der Waals surface area contributed by atoms with Crippen molar-refractivity contribution < 1.29 is 19.4 Å². The van der Waals surface area contributed by atoms with Crippen molar-refractivity contribution in [2.45, 2.75) is 43.6 Å². The molecule has 0 nitrogen and oxygen atoms in total. The maximum Gasteiger partial charge on any atom is -1.00 e. The minimum atomic E-state index is -1.56. The van der Waals surface area contributed by atoms with Crippen LogP contribution in [0.1, 0.15) is 28.5 Å². The smallest absolute Gasteiger partial charge is 1.00 e. The van der Waals surface area contributed by atoms with Gasteiger partial charge in [0, 0.05) is 0 Å². The van der Waals surface area contributed by atoms with Gasteiger partial charge in [-0.2, -0.15) is 0 Å². The van der Waals surface area contributed by atoms with Crippen molar-refractivity contribution in [3.8, 4) is 0 Å². The van der Waals surface area contributed by atoms with Crippen LogP contribution in [0, 0.1) is 23.7 Å². The standard InChI is InChI=1S/2C9H11.C2H4.Ti.2H/c2*1-2-5-9-7-3-6-8(9)4-1;1-2;;;/h2*1-2,4-6,8-9H,3,7H2;1-2H2;;;/q;;;;2*-1. The molecule has 0 spiro atoms. The van der Waals surface area contributed by atoms with E-state index in [9.17, 15) is 0 Å². The molecule has 6 unspecified atom stereocenters. The van der Waals surface area contributed by atoms with Gasteiger partial charge in [-0.15, -0.1) is 0 Å². The van der Waals surface area contributed by atoms with Crippen LogP contribution in [0.5, 0.6) is 0 Å². The number of rotatable bonds is 2. The molecule has 0 radical (unpaired) electrons. The van der Waals surface area contributed by atoms with E-state index >= 15 is 0 Å². The molecule has 5 aliphatic rings. The molecule has 1 aliphatic heterocycles. The van der Waals surface area contributed by atoms with Crippen LogP contribution < -0.4 is 0 Å². The first kappa shape index (κ1) is 13.1. The summed E-state index contributed by atoms with van der Waals surface area (Å²) in [6.45, 7) is 0. The first-order valence-electron chi connectivity index (χ1n) is 9.08. The normalized spacial score (nSPS) is 48.4. The Morgan fingerprint density at radius 3 is 1.57 bits per heavy atom. The van der Waals surface area contributed by atoms with Gasteiger partial charge in [-0.3, -0.25) is 0 Å². The quantitative estimate of drug-likeness (QED) is 0.540. The fraction of sp³-hybridized carbons (Fsp3) is 0.600. The van der Waals surface area contributed by atoms with E-state index in [-0.39, 0.29) is 2.85 Å². The van der Waals surface area contributed by atoms with Crippen LogP contribution in [-0.2, 0) is 16.6 Å². The Morgan fingerprint density at radius 1 is 0.619 bits per heavy atom. The number of hydrogen-bond acceptors (Lipinski definition) is 0. The molecule has 1 heteroatoms. The van der Waals surface area contributed by atoms with Gasteiger partial charge in [-0.05, 0) is 0 Å². The maximum absolute atomic E-state index is 2.59. The summed E-state index contributed by atoms with van der Waals surface area (Å²) in [4.78, 5) is 0. The van der Waals surface area contributed by atoms with E-state index in [1.807, 2.05) is 0 Å². The van der Waals surface area contributed by atoms with Crippen molar-refractivity contribution in [3.05, 3.63) is 48.6 Å². The summed E-state index contributed by atoms with van der Waals surface area (Å²) in [5, 5.41) is 0. The summed E-state index contributed by atoms with van der Waals surface area (Å²) in [5.74, 6) is 3.70. The molecule has 2 saturated carbocycles. The molecule has 21 heavy (non-hydrogen) atoms. The zero-order chi connectivity index (χ0) is 13.9. The fourth-order valence-electron chi connectivity index (χ4n) is 6.41. The molecule has 1 saturated heterocycles. The average Bonchev–Trinajstić information content (AvgIpc) is 3.03. The maximum atomic E-state index is 2.59. The van der Waals surface area contributed by atoms with Crippen LogP contribution in [-0.4, -0.2) is 0 Å². The predicted octanol–water partition coefficient (Wildman–Crippen LogP) is 6.10. The zero-order valence-corrected chi connectivity index (χ0v) is 14.4. The summed E-state index contributed by atoms with van der Waals surface area (Å²) >= 11 is -1.56. The summed E-state index contributed by atoms with van der Waals surface area (Å²) in [5.41, 5.74) is 0. The van der Waals surface area contributed by atoms with Gasteiger partial charge in [0.25, 0.3) is 0 Å². The van der Waals surface area contributed by atoms with E-state index in [0.29, 0.717) is 0 Å². The summed E-state index contributed by atoms with van der Waals surface area (Å²) in [7, 11) is 0. The summed E-state index contributed by atoms with van der Waals surface area (Å²) in [6.07, 6.45) is 25.6. The number of hydrogen-bond donors (Lipinski definition) is 0. The van der Waals surface area contributed by atoms with Crippen LogP contribution in [0.15, 0.2) is 48.6 Å². The fourth-order valence-corrected chi connectivity index (χ4v) is 17.7. The summed E-state index contributed by atoms with van der Waals surface area (Å²) < 4.78 is 5.74. The zero-order valence-electron chi connectivity index (χ0n) is 14.8. The molecule has 0 N–H and O–H groups in total. The van der Waals surface area contributed by atoms with Crippen LogP contribution in [0.25, 0.3) is 0 Å². The topological polar surface area (TPSA) is 0 Å². The Kier molecular flexibility index (Phi) is 3.03. The molecular weight excluding hydrogens is 288 g/mol. The van der Waals surface area contributed by atoms with Crippen LogP contribution in [0.4, 0.5) is 0 Å². The first-order valence-corrected chi connectivity index (χ1v) is 13.1. The van der Waals surface area contributed by atoms with Crippen LogP contribution in [0.2, 0.25) is 17.9 Å². The monoisotopic (exact) mass is 316 g/mol. The third kappa shape index (κ3) is 1.91. The predicted molar refractivity (Wildman–Crippen MR) is 88.3 cm³/mol. The molecule has 1 heterocycles. The van der Waals surface area contributed by atoms with Gasteiger partial charge in [-0.1, -0.05) is 0 Å². The third-order valence-electron chi connectivity index (χ3n) is 7.45. The van der Waals surface area contributed by atoms with E-state index in [1.165, 1.54) is 21.3 Å². The Bertz CT molecular complexity index is 512. The number of fused-ring (bicyclic) bond motifs is 2. The Hall–Kier alpha value is -0.326. The van der Waals surface area contributed by atoms with Crippen molar-refractivity contribution in [1.29, 1.82) is 0 Å². The molecule has 0 bridgehead atoms. The van der Waals surface area contributed by atoms with E-state index < -0.39 is 16.6 Å². The molecule has 6 atom stereocenters. The van der Waals surface area contributed by atoms with Gasteiger partial charge >= 0.3 is 132 Å². The molecule has 0 aromatic heterocycles. The van der Waals surface area contributed by atoms with E-state index in [4.69, 9.17) is 0 Å². The van der Waals surface area contributed by atoms with E-state index in [0.717, 1.165) is 23.7 Å². The van der Waals surface area contributed by atoms with Gasteiger partial charge in [0.15, 0.2) is 0 Å². The van der Waals surface area contributed by atoms with Crippen molar-refractivity contribution in [1.82, 2.24) is 0 Å². The van der Waals surface area contributed by atoms with E-state index in [1.54, 1.807) is 22.3 Å². The minimum absolute atomic E-state index is 0. The second kappa shape index (κ2) is 4.83. The number of allylic oxidation sites excluding steroid dienone is 8. The van der Waals surface area contributed by atoms with E-state index in [2.05, 4.69) is 48.6 Å². The Labute approximate surface area is 135 Å². The molecule has 0 aromatic carbocycles. The van der Waals surface area contributed by atoms with Crippen LogP contribution >= 0.6 is 0 Å². The van der Waals surface area contributed by atoms with Crippen molar-refractivity contribution >= 4 is 0 Å². The molecular formula is C20H28Ti-2. The minimum Gasteiger partial charge on any atom is -1.00 e. The van der Waals surface area contributed by atoms with Crippen molar-refractivity contribution in [3.63, 3.8) is 0 Å².